The van der Waals surface area contributed by atoms with Gasteiger partial charge >= 0.3 is 6.61 Å². The smallest absolute Gasteiger partial charge is 0.388 e. The Balaban J connectivity index is 1.33. The van der Waals surface area contributed by atoms with Gasteiger partial charge in [-0.25, -0.2) is 15.0 Å². The molecule has 0 bridgehead atoms. The Morgan fingerprint density at radius 1 is 1.06 bits per heavy atom. The van der Waals surface area contributed by atoms with Crippen molar-refractivity contribution in [2.75, 3.05) is 10.6 Å². The summed E-state index contributed by atoms with van der Waals surface area (Å²) in [5, 5.41) is 15.6. The molecule has 0 radical (unpaired) electrons. The van der Waals surface area contributed by atoms with E-state index < -0.39 is 6.61 Å². The standard InChI is InChI=1S/C21H19F2N7O2/c22-21(23)32-19-12-26-18(11-27-19)29-15-4-3-14(8-15)28-17-6-5-16(10-25-17)30-7-1-2-13(9-24)20(30)31/h1-2,5-7,10-12,14-15,21H,3-4,8H2,(H,25,28)(H,26,29)/t14-,15-/m0/s1. The zero-order valence-electron chi connectivity index (χ0n) is 16.8. The minimum atomic E-state index is -2.93. The molecule has 0 saturated heterocycles. The molecular weight excluding hydrogens is 420 g/mol. The molecule has 3 heterocycles. The van der Waals surface area contributed by atoms with Crippen LogP contribution in [0.25, 0.3) is 5.69 Å². The molecule has 2 atom stereocenters. The van der Waals surface area contributed by atoms with E-state index in [1.165, 1.54) is 16.8 Å². The first-order valence-electron chi connectivity index (χ1n) is 9.90. The first-order valence-corrected chi connectivity index (χ1v) is 9.90. The molecule has 1 aliphatic rings. The number of nitrogens with zero attached hydrogens (tertiary/aromatic N) is 5. The van der Waals surface area contributed by atoms with Gasteiger partial charge in [0.25, 0.3) is 5.56 Å². The zero-order valence-corrected chi connectivity index (χ0v) is 16.8. The number of halogens is 2. The molecule has 1 saturated carbocycles. The topological polar surface area (TPSA) is 118 Å². The number of aromatic nitrogens is 4. The van der Waals surface area contributed by atoms with Gasteiger partial charge < -0.3 is 15.4 Å². The van der Waals surface area contributed by atoms with Crippen LogP contribution in [0.4, 0.5) is 20.4 Å². The van der Waals surface area contributed by atoms with Crippen LogP contribution in [0, 0.1) is 11.3 Å². The third-order valence-corrected chi connectivity index (χ3v) is 5.07. The molecule has 164 valence electrons. The van der Waals surface area contributed by atoms with Crippen LogP contribution >= 0.6 is 0 Å². The number of pyridine rings is 2. The van der Waals surface area contributed by atoms with Crippen LogP contribution in [0.5, 0.6) is 5.88 Å². The van der Waals surface area contributed by atoms with Crippen molar-refractivity contribution in [1.29, 1.82) is 5.26 Å². The Kier molecular flexibility index (Phi) is 6.21. The summed E-state index contributed by atoms with van der Waals surface area (Å²) in [5.74, 6) is 0.939. The average Bonchev–Trinajstić information content (AvgIpc) is 3.22. The third-order valence-electron chi connectivity index (χ3n) is 5.07. The number of ether oxygens (including phenoxy) is 1. The van der Waals surface area contributed by atoms with Crippen LogP contribution in [0.1, 0.15) is 24.8 Å². The Bertz CT molecular complexity index is 1160. The summed E-state index contributed by atoms with van der Waals surface area (Å²) >= 11 is 0. The van der Waals surface area contributed by atoms with Crippen molar-refractivity contribution in [2.45, 2.75) is 38.0 Å². The minimum absolute atomic E-state index is 0.0695. The van der Waals surface area contributed by atoms with Crippen LogP contribution in [-0.2, 0) is 0 Å². The summed E-state index contributed by atoms with van der Waals surface area (Å²) < 4.78 is 29.9. The number of anilines is 2. The van der Waals surface area contributed by atoms with Crippen molar-refractivity contribution in [3.05, 3.63) is 65.0 Å². The van der Waals surface area contributed by atoms with Gasteiger partial charge in [0.2, 0.25) is 5.88 Å². The molecule has 3 aromatic heterocycles. The molecule has 32 heavy (non-hydrogen) atoms. The molecule has 2 N–H and O–H groups in total. The maximum atomic E-state index is 12.3. The predicted molar refractivity (Wildman–Crippen MR) is 112 cm³/mol. The lowest BCUT2D eigenvalue weighted by Crippen LogP contribution is -2.22. The van der Waals surface area contributed by atoms with Crippen molar-refractivity contribution in [3.63, 3.8) is 0 Å². The van der Waals surface area contributed by atoms with E-state index in [0.717, 1.165) is 25.5 Å². The van der Waals surface area contributed by atoms with E-state index in [0.29, 0.717) is 17.3 Å². The Morgan fingerprint density at radius 2 is 1.81 bits per heavy atom. The maximum absolute atomic E-state index is 12.3. The van der Waals surface area contributed by atoms with E-state index in [9.17, 15) is 13.6 Å². The highest BCUT2D eigenvalue weighted by Crippen LogP contribution is 2.25. The van der Waals surface area contributed by atoms with Gasteiger partial charge in [0, 0.05) is 18.3 Å². The largest absolute Gasteiger partial charge is 0.415 e. The van der Waals surface area contributed by atoms with E-state index in [1.54, 1.807) is 30.6 Å². The fourth-order valence-electron chi connectivity index (χ4n) is 3.60. The number of hydrogen-bond acceptors (Lipinski definition) is 8. The van der Waals surface area contributed by atoms with Crippen LogP contribution in [0.2, 0.25) is 0 Å². The summed E-state index contributed by atoms with van der Waals surface area (Å²) in [5.41, 5.74) is 0.251. The SMILES string of the molecule is N#Cc1cccn(-c2ccc(N[C@H]3CC[C@H](Nc4cnc(OC(F)F)cn4)C3)nc2)c1=O. The lowest BCUT2D eigenvalue weighted by Gasteiger charge is -2.16. The first kappa shape index (κ1) is 21.2. The lowest BCUT2D eigenvalue weighted by atomic mass is 10.2. The quantitative estimate of drug-likeness (QED) is 0.577. The van der Waals surface area contributed by atoms with Gasteiger partial charge in [0.1, 0.15) is 23.3 Å². The van der Waals surface area contributed by atoms with Crippen molar-refractivity contribution in [2.24, 2.45) is 0 Å². The molecule has 3 aromatic rings. The first-order chi connectivity index (χ1) is 15.5. The predicted octanol–water partition coefficient (Wildman–Crippen LogP) is 2.94. The van der Waals surface area contributed by atoms with Crippen LogP contribution in [-0.4, -0.2) is 38.2 Å². The fraction of sp³-hybridized carbons (Fsp3) is 0.286. The van der Waals surface area contributed by atoms with Gasteiger partial charge in [0.15, 0.2) is 0 Å². The molecule has 0 unspecified atom stereocenters. The molecule has 0 amide bonds. The highest BCUT2D eigenvalue weighted by atomic mass is 19.3. The van der Waals surface area contributed by atoms with E-state index in [4.69, 9.17) is 5.26 Å². The molecule has 11 heteroatoms. The highest BCUT2D eigenvalue weighted by Gasteiger charge is 2.25. The van der Waals surface area contributed by atoms with Crippen molar-refractivity contribution < 1.29 is 13.5 Å². The maximum Gasteiger partial charge on any atom is 0.388 e. The monoisotopic (exact) mass is 439 g/mol. The third kappa shape index (κ3) is 4.97. The molecule has 1 fully saturated rings. The van der Waals surface area contributed by atoms with E-state index in [1.807, 2.05) is 6.07 Å². The number of alkyl halides is 2. The lowest BCUT2D eigenvalue weighted by molar-refractivity contribution is -0.0530. The van der Waals surface area contributed by atoms with E-state index in [2.05, 4.69) is 30.3 Å². The second-order valence-corrected chi connectivity index (χ2v) is 7.22. The molecule has 9 nitrogen and oxygen atoms in total. The van der Waals surface area contributed by atoms with Gasteiger partial charge in [-0.05, 0) is 43.5 Å². The molecular formula is C21H19F2N7O2. The van der Waals surface area contributed by atoms with Crippen LogP contribution in [0.3, 0.4) is 0 Å². The van der Waals surface area contributed by atoms with Gasteiger partial charge in [-0.1, -0.05) is 0 Å². The molecule has 0 aromatic carbocycles. The Hall–Kier alpha value is -4.07. The Labute approximate surface area is 181 Å². The molecule has 0 aliphatic heterocycles. The van der Waals surface area contributed by atoms with Gasteiger partial charge in [0.05, 0.1) is 24.3 Å². The minimum Gasteiger partial charge on any atom is -0.415 e. The van der Waals surface area contributed by atoms with Crippen molar-refractivity contribution in [1.82, 2.24) is 19.5 Å². The van der Waals surface area contributed by atoms with Gasteiger partial charge in [-0.2, -0.15) is 14.0 Å². The number of hydrogen-bond donors (Lipinski definition) is 2. The average molecular weight is 439 g/mol. The van der Waals surface area contributed by atoms with Gasteiger partial charge in [-0.15, -0.1) is 0 Å². The Morgan fingerprint density at radius 3 is 2.44 bits per heavy atom. The summed E-state index contributed by atoms with van der Waals surface area (Å²) in [6.07, 6.45) is 8.30. The van der Waals surface area contributed by atoms with Crippen LogP contribution in [0.15, 0.2) is 53.8 Å². The number of rotatable bonds is 7. The second kappa shape index (κ2) is 9.38. The molecule has 1 aliphatic carbocycles. The second-order valence-electron chi connectivity index (χ2n) is 7.22. The summed E-state index contributed by atoms with van der Waals surface area (Å²) in [6, 6.07) is 8.88. The summed E-state index contributed by atoms with van der Waals surface area (Å²) in [4.78, 5) is 24.5. The number of nitriles is 1. The van der Waals surface area contributed by atoms with Crippen molar-refractivity contribution in [3.8, 4) is 17.6 Å². The molecule has 0 spiro atoms. The van der Waals surface area contributed by atoms with Gasteiger partial charge in [-0.3, -0.25) is 9.36 Å². The summed E-state index contributed by atoms with van der Waals surface area (Å²) in [6.45, 7) is -2.93. The number of nitrogens with one attached hydrogen (secondary N) is 2. The van der Waals surface area contributed by atoms with E-state index in [-0.39, 0.29) is 29.1 Å². The highest BCUT2D eigenvalue weighted by molar-refractivity contribution is 5.43. The molecule has 4 rings (SSSR count). The normalized spacial score (nSPS) is 17.7. The fourth-order valence-corrected chi connectivity index (χ4v) is 3.60. The van der Waals surface area contributed by atoms with Crippen LogP contribution < -0.4 is 20.9 Å². The zero-order chi connectivity index (χ0) is 22.5. The summed E-state index contributed by atoms with van der Waals surface area (Å²) in [7, 11) is 0. The van der Waals surface area contributed by atoms with E-state index >= 15 is 0 Å². The van der Waals surface area contributed by atoms with Crippen molar-refractivity contribution >= 4 is 11.6 Å².